The first-order valence-electron chi connectivity index (χ1n) is 10.1. The Morgan fingerprint density at radius 1 is 0.971 bits per heavy atom. The summed E-state index contributed by atoms with van der Waals surface area (Å²) in [5, 5.41) is 24.7. The Hall–Kier alpha value is -3.95. The second kappa shape index (κ2) is 15.0. The molecule has 0 saturated heterocycles. The van der Waals surface area contributed by atoms with Gasteiger partial charge in [-0.3, -0.25) is 33.8 Å². The van der Waals surface area contributed by atoms with Crippen LogP contribution in [0.25, 0.3) is 0 Å². The Morgan fingerprint density at radius 2 is 1.59 bits per heavy atom. The highest BCUT2D eigenvalue weighted by Crippen LogP contribution is 2.03. The van der Waals surface area contributed by atoms with Crippen molar-refractivity contribution in [2.75, 3.05) is 26.7 Å². The van der Waals surface area contributed by atoms with Crippen LogP contribution in [0.1, 0.15) is 26.2 Å². The van der Waals surface area contributed by atoms with Crippen molar-refractivity contribution in [1.29, 1.82) is 0 Å². The zero-order valence-corrected chi connectivity index (χ0v) is 18.9. The number of rotatable bonds is 15. The van der Waals surface area contributed by atoms with Crippen molar-refractivity contribution in [3.63, 3.8) is 0 Å². The standard InChI is InChI=1S/C18H32N8O8/c1-9(28)23-10(4-3-5-22-18(20)21)17(34)26(2)7-13(29)24-11(6-14(30)31)16(33)25-12(8-27)15(19)32/h10-12,27H,3-8H2,1-2H3,(H2,19,32)(H,23,28)(H,24,29)(H,25,33)(H,30,31)(H4,20,21,22)/t10-,11-,12-/m0/s1. The number of hydrogen-bond donors (Lipinski definition) is 8. The zero-order chi connectivity index (χ0) is 26.4. The lowest BCUT2D eigenvalue weighted by Gasteiger charge is -2.25. The molecule has 34 heavy (non-hydrogen) atoms. The fourth-order valence-corrected chi connectivity index (χ4v) is 2.67. The Kier molecular flexibility index (Phi) is 13.2. The van der Waals surface area contributed by atoms with Crippen molar-refractivity contribution in [3.05, 3.63) is 0 Å². The summed E-state index contributed by atoms with van der Waals surface area (Å²) in [5.41, 5.74) is 15.5. The molecule has 0 aromatic rings. The molecule has 0 aliphatic rings. The summed E-state index contributed by atoms with van der Waals surface area (Å²) in [5.74, 6) is -5.69. The van der Waals surface area contributed by atoms with Crippen LogP contribution in [-0.4, -0.2) is 101 Å². The highest BCUT2D eigenvalue weighted by molar-refractivity contribution is 5.95. The average Bonchev–Trinajstić information content (AvgIpc) is 2.71. The Labute approximate surface area is 195 Å². The van der Waals surface area contributed by atoms with Crippen LogP contribution in [0.4, 0.5) is 0 Å². The van der Waals surface area contributed by atoms with Crippen molar-refractivity contribution in [1.82, 2.24) is 20.9 Å². The van der Waals surface area contributed by atoms with Gasteiger partial charge in [-0.05, 0) is 12.8 Å². The second-order valence-corrected chi connectivity index (χ2v) is 7.26. The van der Waals surface area contributed by atoms with Crippen molar-refractivity contribution < 1.29 is 39.0 Å². The number of nitrogens with two attached hydrogens (primary N) is 3. The molecule has 0 aromatic heterocycles. The summed E-state index contributed by atoms with van der Waals surface area (Å²) in [6, 6.07) is -4.08. The number of likely N-dealkylation sites (N-methyl/N-ethyl adjacent to an activating group) is 1. The molecule has 0 spiro atoms. The third-order valence-electron chi connectivity index (χ3n) is 4.25. The molecule has 3 atom stereocenters. The van der Waals surface area contributed by atoms with Gasteiger partial charge >= 0.3 is 5.97 Å². The molecule has 0 fully saturated rings. The van der Waals surface area contributed by atoms with Gasteiger partial charge in [0.2, 0.25) is 29.5 Å². The Bertz CT molecular complexity index is 799. The van der Waals surface area contributed by atoms with Crippen molar-refractivity contribution >= 4 is 41.5 Å². The Balaban J connectivity index is 5.18. The molecule has 5 amide bonds. The molecule has 0 aromatic carbocycles. The predicted molar refractivity (Wildman–Crippen MR) is 118 cm³/mol. The van der Waals surface area contributed by atoms with E-state index in [0.29, 0.717) is 6.42 Å². The summed E-state index contributed by atoms with van der Waals surface area (Å²) in [6.45, 7) is 0.0110. The number of guanidine groups is 1. The monoisotopic (exact) mass is 488 g/mol. The molecule has 0 radical (unpaired) electrons. The minimum atomic E-state index is -1.62. The minimum absolute atomic E-state index is 0.128. The van der Waals surface area contributed by atoms with E-state index in [1.807, 2.05) is 5.32 Å². The number of carbonyl (C=O) groups excluding carboxylic acids is 5. The minimum Gasteiger partial charge on any atom is -0.481 e. The van der Waals surface area contributed by atoms with Gasteiger partial charge in [0, 0.05) is 20.5 Å². The highest BCUT2D eigenvalue weighted by Gasteiger charge is 2.29. The van der Waals surface area contributed by atoms with E-state index < -0.39 is 73.2 Å². The van der Waals surface area contributed by atoms with Gasteiger partial charge in [0.1, 0.15) is 18.1 Å². The first-order valence-corrected chi connectivity index (χ1v) is 10.1. The summed E-state index contributed by atoms with van der Waals surface area (Å²) >= 11 is 0. The third-order valence-corrected chi connectivity index (χ3v) is 4.25. The van der Waals surface area contributed by atoms with Gasteiger partial charge in [-0.15, -0.1) is 0 Å². The number of primary amides is 1. The molecule has 0 bridgehead atoms. The largest absolute Gasteiger partial charge is 0.481 e. The molecule has 0 heterocycles. The van der Waals surface area contributed by atoms with E-state index in [2.05, 4.69) is 15.6 Å². The molecule has 0 aliphatic carbocycles. The zero-order valence-electron chi connectivity index (χ0n) is 18.9. The molecule has 0 saturated carbocycles. The van der Waals surface area contributed by atoms with Crippen molar-refractivity contribution in [2.24, 2.45) is 22.2 Å². The van der Waals surface area contributed by atoms with Crippen LogP contribution >= 0.6 is 0 Å². The van der Waals surface area contributed by atoms with E-state index in [4.69, 9.17) is 27.4 Å². The lowest BCUT2D eigenvalue weighted by Crippen LogP contribution is -2.56. The first-order chi connectivity index (χ1) is 15.8. The number of nitrogens with one attached hydrogen (secondary N) is 3. The van der Waals surface area contributed by atoms with Crippen LogP contribution < -0.4 is 33.2 Å². The van der Waals surface area contributed by atoms with Gasteiger partial charge in [0.15, 0.2) is 5.96 Å². The topological polar surface area (TPSA) is 273 Å². The molecule has 0 unspecified atom stereocenters. The van der Waals surface area contributed by atoms with Crippen molar-refractivity contribution in [2.45, 2.75) is 44.3 Å². The second-order valence-electron chi connectivity index (χ2n) is 7.26. The molecular formula is C18H32N8O8. The number of carbonyl (C=O) groups is 6. The summed E-state index contributed by atoms with van der Waals surface area (Å²) < 4.78 is 0. The molecule has 0 aliphatic heterocycles. The van der Waals surface area contributed by atoms with E-state index >= 15 is 0 Å². The number of carboxylic acid groups (broad SMARTS) is 1. The molecule has 0 rings (SSSR count). The number of hydrogen-bond acceptors (Lipinski definition) is 8. The van der Waals surface area contributed by atoms with E-state index in [1.54, 1.807) is 0 Å². The van der Waals surface area contributed by atoms with Gasteiger partial charge in [-0.2, -0.15) is 0 Å². The number of aliphatic imine (C=N–C) groups is 1. The molecule has 16 nitrogen and oxygen atoms in total. The fourth-order valence-electron chi connectivity index (χ4n) is 2.67. The van der Waals surface area contributed by atoms with E-state index in [1.165, 1.54) is 14.0 Å². The lowest BCUT2D eigenvalue weighted by molar-refractivity contribution is -0.142. The van der Waals surface area contributed by atoms with Crippen molar-refractivity contribution in [3.8, 4) is 0 Å². The van der Waals surface area contributed by atoms with Gasteiger partial charge in [-0.25, -0.2) is 0 Å². The Morgan fingerprint density at radius 3 is 2.06 bits per heavy atom. The molecular weight excluding hydrogens is 456 g/mol. The van der Waals surface area contributed by atoms with Crippen LogP contribution in [-0.2, 0) is 28.8 Å². The molecule has 11 N–H and O–H groups in total. The van der Waals surface area contributed by atoms with Gasteiger partial charge in [0.25, 0.3) is 0 Å². The smallest absolute Gasteiger partial charge is 0.305 e. The quantitative estimate of drug-likeness (QED) is 0.0616. The van der Waals surface area contributed by atoms with Gasteiger partial charge in [0.05, 0.1) is 19.6 Å². The highest BCUT2D eigenvalue weighted by atomic mass is 16.4. The van der Waals surface area contributed by atoms with E-state index in [-0.39, 0.29) is 18.9 Å². The number of aliphatic hydroxyl groups is 1. The number of aliphatic carboxylic acids is 1. The van der Waals surface area contributed by atoms with E-state index in [9.17, 15) is 28.8 Å². The van der Waals surface area contributed by atoms with Crippen LogP contribution in [0.2, 0.25) is 0 Å². The van der Waals surface area contributed by atoms with Crippen LogP contribution in [0.3, 0.4) is 0 Å². The first kappa shape index (κ1) is 30.1. The SMILES string of the molecule is CC(=O)N[C@@H](CCCN=C(N)N)C(=O)N(C)CC(=O)N[C@@H](CC(=O)O)C(=O)N[C@@H](CO)C(N)=O. The number of amides is 5. The average molecular weight is 489 g/mol. The summed E-state index contributed by atoms with van der Waals surface area (Å²) in [4.78, 5) is 75.8. The van der Waals surface area contributed by atoms with E-state index in [0.717, 1.165) is 4.90 Å². The fraction of sp³-hybridized carbons (Fsp3) is 0.611. The van der Waals surface area contributed by atoms with Gasteiger partial charge < -0.3 is 48.3 Å². The van der Waals surface area contributed by atoms with Crippen LogP contribution in [0.15, 0.2) is 4.99 Å². The van der Waals surface area contributed by atoms with Crippen LogP contribution in [0, 0.1) is 0 Å². The van der Waals surface area contributed by atoms with Gasteiger partial charge in [-0.1, -0.05) is 0 Å². The molecule has 192 valence electrons. The maximum atomic E-state index is 12.7. The maximum Gasteiger partial charge on any atom is 0.305 e. The summed E-state index contributed by atoms with van der Waals surface area (Å²) in [6.07, 6.45) is -0.326. The number of nitrogens with zero attached hydrogens (tertiary/aromatic N) is 2. The lowest BCUT2D eigenvalue weighted by atomic mass is 10.1. The third kappa shape index (κ3) is 12.2. The maximum absolute atomic E-state index is 12.7. The summed E-state index contributed by atoms with van der Waals surface area (Å²) in [7, 11) is 1.27. The normalized spacial score (nSPS) is 12.9. The number of aliphatic hydroxyl groups excluding tert-OH is 1. The number of carboxylic acids is 1. The molecule has 16 heteroatoms. The van der Waals surface area contributed by atoms with Crippen LogP contribution in [0.5, 0.6) is 0 Å². The predicted octanol–water partition coefficient (Wildman–Crippen LogP) is -5.08.